The smallest absolute Gasteiger partial charge is 0.172 e. The third kappa shape index (κ3) is 6.44. The molecule has 2 aromatic carbocycles. The average molecular weight is 584 g/mol. The van der Waals surface area contributed by atoms with Gasteiger partial charge in [0.2, 0.25) is 0 Å². The van der Waals surface area contributed by atoms with Crippen LogP contribution in [0.15, 0.2) is 71.1 Å². The molecule has 4 aromatic rings. The largest absolute Gasteiger partial charge is 0.354 e. The first-order valence-electron chi connectivity index (χ1n) is 14.2. The molecule has 6 rings (SSSR count). The predicted octanol–water partition coefficient (Wildman–Crippen LogP) is 6.96. The van der Waals surface area contributed by atoms with Gasteiger partial charge < -0.3 is 14.8 Å². The molecule has 210 valence electrons. The van der Waals surface area contributed by atoms with Crippen molar-refractivity contribution in [3.05, 3.63) is 77.2 Å². The summed E-state index contributed by atoms with van der Waals surface area (Å²) in [5.41, 5.74) is 3.97. The number of likely N-dealkylation sites (tertiary alicyclic amines) is 2. The fourth-order valence-electron chi connectivity index (χ4n) is 5.80. The minimum absolute atomic E-state index is 0.487. The van der Waals surface area contributed by atoms with E-state index in [2.05, 4.69) is 55.4 Å². The number of hydrogen-bond acceptors (Lipinski definition) is 7. The summed E-state index contributed by atoms with van der Waals surface area (Å²) in [6.07, 6.45) is 15.0. The lowest BCUT2D eigenvalue weighted by Crippen LogP contribution is -2.43. The standard InChI is InChI=1S/C32H34ClN7S/c1-38-18-12-35-32(38)41-30-9-7-25(20-28(30)33)37-31-24(21-34)22-36-29-19-23(6-8-27(29)31)5-4-13-39-16-10-26(11-17-39)40-14-2-3-15-40/h4-9,12,18-20,22,26H,2-3,10-11,13-17H2,1H3,(H,36,37)/b5-4+. The van der Waals surface area contributed by atoms with Crippen molar-refractivity contribution in [1.82, 2.24) is 24.3 Å². The van der Waals surface area contributed by atoms with Crippen molar-refractivity contribution in [2.24, 2.45) is 7.05 Å². The molecule has 1 N–H and O–H groups in total. The maximum absolute atomic E-state index is 9.81. The minimum atomic E-state index is 0.487. The molecule has 2 fully saturated rings. The zero-order valence-corrected chi connectivity index (χ0v) is 24.8. The van der Waals surface area contributed by atoms with Crippen LogP contribution in [-0.2, 0) is 7.05 Å². The van der Waals surface area contributed by atoms with E-state index in [4.69, 9.17) is 11.6 Å². The number of benzene rings is 2. The van der Waals surface area contributed by atoms with Crippen LogP contribution < -0.4 is 5.32 Å². The Kier molecular flexibility index (Phi) is 8.59. The van der Waals surface area contributed by atoms with E-state index in [-0.39, 0.29) is 0 Å². The van der Waals surface area contributed by atoms with Gasteiger partial charge in [-0.25, -0.2) is 4.98 Å². The number of piperidine rings is 1. The van der Waals surface area contributed by atoms with Crippen molar-refractivity contribution < 1.29 is 0 Å². The third-order valence-corrected chi connectivity index (χ3v) is 9.66. The van der Waals surface area contributed by atoms with Gasteiger partial charge in [0.25, 0.3) is 0 Å². The van der Waals surface area contributed by atoms with E-state index in [9.17, 15) is 5.26 Å². The summed E-state index contributed by atoms with van der Waals surface area (Å²) >= 11 is 8.14. The van der Waals surface area contributed by atoms with E-state index >= 15 is 0 Å². The average Bonchev–Trinajstić information content (AvgIpc) is 3.67. The molecule has 41 heavy (non-hydrogen) atoms. The molecule has 0 amide bonds. The van der Waals surface area contributed by atoms with Crippen molar-refractivity contribution in [1.29, 1.82) is 5.26 Å². The van der Waals surface area contributed by atoms with Crippen molar-refractivity contribution >= 4 is 51.7 Å². The maximum Gasteiger partial charge on any atom is 0.172 e. The number of hydrogen-bond donors (Lipinski definition) is 1. The highest BCUT2D eigenvalue weighted by atomic mass is 35.5. The van der Waals surface area contributed by atoms with Crippen LogP contribution in [0.2, 0.25) is 5.02 Å². The highest BCUT2D eigenvalue weighted by Gasteiger charge is 2.25. The fraction of sp³-hybridized carbons (Fsp3) is 0.344. The number of pyridine rings is 1. The number of nitrogens with one attached hydrogen (secondary N) is 1. The van der Waals surface area contributed by atoms with Gasteiger partial charge in [-0.1, -0.05) is 47.6 Å². The lowest BCUT2D eigenvalue weighted by atomic mass is 10.0. The van der Waals surface area contributed by atoms with Gasteiger partial charge in [0.1, 0.15) is 6.07 Å². The number of nitrogens with zero attached hydrogens (tertiary/aromatic N) is 6. The van der Waals surface area contributed by atoms with Crippen LogP contribution in [0, 0.1) is 11.3 Å². The summed E-state index contributed by atoms with van der Waals surface area (Å²) in [6.45, 7) is 5.89. The number of fused-ring (bicyclic) bond motifs is 1. The summed E-state index contributed by atoms with van der Waals surface area (Å²) in [6, 6.07) is 15.1. The number of halogens is 1. The lowest BCUT2D eigenvalue weighted by Gasteiger charge is -2.36. The van der Waals surface area contributed by atoms with Gasteiger partial charge in [-0.05, 0) is 81.7 Å². The Labute approximate surface area is 250 Å². The molecule has 9 heteroatoms. The zero-order valence-electron chi connectivity index (χ0n) is 23.3. The highest BCUT2D eigenvalue weighted by Crippen LogP contribution is 2.36. The van der Waals surface area contributed by atoms with E-state index in [1.54, 1.807) is 12.4 Å². The maximum atomic E-state index is 9.81. The second-order valence-corrected chi connectivity index (χ2v) is 12.2. The first-order chi connectivity index (χ1) is 20.1. The third-order valence-electron chi connectivity index (χ3n) is 8.08. The van der Waals surface area contributed by atoms with E-state index in [0.717, 1.165) is 50.5 Å². The van der Waals surface area contributed by atoms with Gasteiger partial charge in [0.05, 0.1) is 21.8 Å². The second-order valence-electron chi connectivity index (χ2n) is 10.8. The quantitative estimate of drug-likeness (QED) is 0.240. The minimum Gasteiger partial charge on any atom is -0.354 e. The monoisotopic (exact) mass is 583 g/mol. The van der Waals surface area contributed by atoms with Gasteiger partial charge in [-0.2, -0.15) is 5.26 Å². The summed E-state index contributed by atoms with van der Waals surface area (Å²) in [5.74, 6) is 0. The molecule has 2 aliphatic heterocycles. The molecule has 7 nitrogen and oxygen atoms in total. The summed E-state index contributed by atoms with van der Waals surface area (Å²) in [4.78, 5) is 15.1. The number of anilines is 2. The van der Waals surface area contributed by atoms with E-state index in [1.807, 2.05) is 42.1 Å². The Bertz CT molecular complexity index is 1590. The van der Waals surface area contributed by atoms with E-state index in [1.165, 1.54) is 63.6 Å². The molecule has 0 aliphatic carbocycles. The first kappa shape index (κ1) is 27.8. The first-order valence-corrected chi connectivity index (χ1v) is 15.4. The number of aromatic nitrogens is 3. The van der Waals surface area contributed by atoms with Gasteiger partial charge in [-0.15, -0.1) is 0 Å². The Hall–Kier alpha value is -3.35. The van der Waals surface area contributed by atoms with Gasteiger partial charge in [0, 0.05) is 54.2 Å². The number of nitriles is 1. The molecular weight excluding hydrogens is 550 g/mol. The van der Waals surface area contributed by atoms with Crippen molar-refractivity contribution in [2.75, 3.05) is 38.0 Å². The molecule has 0 atom stereocenters. The molecule has 2 aromatic heterocycles. The predicted molar refractivity (Wildman–Crippen MR) is 168 cm³/mol. The molecule has 2 aliphatic rings. The molecule has 0 spiro atoms. The summed E-state index contributed by atoms with van der Waals surface area (Å²) in [7, 11) is 1.96. The summed E-state index contributed by atoms with van der Waals surface area (Å²) in [5, 5.41) is 15.6. The van der Waals surface area contributed by atoms with Crippen molar-refractivity contribution in [3.8, 4) is 6.07 Å². The zero-order chi connectivity index (χ0) is 28.2. The van der Waals surface area contributed by atoms with E-state index < -0.39 is 0 Å². The van der Waals surface area contributed by atoms with Crippen LogP contribution in [-0.4, -0.2) is 63.1 Å². The SMILES string of the molecule is Cn1ccnc1Sc1ccc(Nc2c(C#N)cnc3cc(/C=C/CN4CCC(N5CCCC5)CC4)ccc23)cc1Cl. The Morgan fingerprint density at radius 1 is 1.10 bits per heavy atom. The number of aryl methyl sites for hydroxylation is 1. The van der Waals surface area contributed by atoms with Crippen LogP contribution in [0.5, 0.6) is 0 Å². The number of imidazole rings is 1. The lowest BCUT2D eigenvalue weighted by molar-refractivity contribution is 0.135. The summed E-state index contributed by atoms with van der Waals surface area (Å²) < 4.78 is 1.96. The van der Waals surface area contributed by atoms with Crippen molar-refractivity contribution in [3.63, 3.8) is 0 Å². The van der Waals surface area contributed by atoms with Crippen molar-refractivity contribution in [2.45, 2.75) is 41.8 Å². The number of rotatable bonds is 8. The van der Waals surface area contributed by atoms with Crippen LogP contribution in [0.1, 0.15) is 36.8 Å². The van der Waals surface area contributed by atoms with E-state index in [0.29, 0.717) is 10.6 Å². The molecule has 0 saturated carbocycles. The second kappa shape index (κ2) is 12.7. The molecule has 0 radical (unpaired) electrons. The molecule has 4 heterocycles. The van der Waals surface area contributed by atoms with Crippen LogP contribution >= 0.6 is 23.4 Å². The van der Waals surface area contributed by atoms with Crippen LogP contribution in [0.3, 0.4) is 0 Å². The molecule has 2 saturated heterocycles. The van der Waals surface area contributed by atoms with Crippen LogP contribution in [0.4, 0.5) is 11.4 Å². The topological polar surface area (TPSA) is 73.0 Å². The van der Waals surface area contributed by atoms with Gasteiger partial charge in [0.15, 0.2) is 5.16 Å². The Morgan fingerprint density at radius 2 is 1.93 bits per heavy atom. The molecule has 0 bridgehead atoms. The highest BCUT2D eigenvalue weighted by molar-refractivity contribution is 7.99. The molecule has 0 unspecified atom stereocenters. The normalized spacial score (nSPS) is 17.0. The van der Waals surface area contributed by atoms with Gasteiger partial charge >= 0.3 is 0 Å². The van der Waals surface area contributed by atoms with Gasteiger partial charge in [-0.3, -0.25) is 9.88 Å². The Morgan fingerprint density at radius 3 is 2.66 bits per heavy atom. The van der Waals surface area contributed by atoms with Crippen LogP contribution in [0.25, 0.3) is 17.0 Å². The fourth-order valence-corrected chi connectivity index (χ4v) is 6.90. The Balaban J connectivity index is 1.13. The molecular formula is C32H34ClN7S.